The number of aromatic nitrogens is 2. The van der Waals surface area contributed by atoms with Crippen molar-refractivity contribution in [2.75, 3.05) is 0 Å². The molecule has 0 saturated carbocycles. The Kier molecular flexibility index (Phi) is 2.96. The third-order valence-electron chi connectivity index (χ3n) is 2.88. The Hall–Kier alpha value is -1.91. The molecule has 3 aromatic rings. The molecule has 90 valence electrons. The predicted octanol–water partition coefficient (Wildman–Crippen LogP) is 3.06. The number of rotatable bonds is 3. The molecule has 0 fully saturated rings. The van der Waals surface area contributed by atoms with Gasteiger partial charge in [0.1, 0.15) is 0 Å². The van der Waals surface area contributed by atoms with E-state index in [-0.39, 0.29) is 0 Å². The highest BCUT2D eigenvalue weighted by Gasteiger charge is 2.09. The molecule has 0 spiro atoms. The molecule has 0 unspecified atom stereocenters. The zero-order chi connectivity index (χ0) is 12.4. The van der Waals surface area contributed by atoms with Crippen LogP contribution in [-0.2, 0) is 6.54 Å². The van der Waals surface area contributed by atoms with Gasteiger partial charge in [-0.3, -0.25) is 4.57 Å². The number of hydrogen-bond donors (Lipinski definition) is 1. The summed E-state index contributed by atoms with van der Waals surface area (Å²) in [6.07, 6.45) is 3.72. The number of para-hydroxylation sites is 1. The Morgan fingerprint density at radius 2 is 2.06 bits per heavy atom. The van der Waals surface area contributed by atoms with Gasteiger partial charge in [-0.2, -0.15) is 0 Å². The first-order chi connectivity index (χ1) is 8.90. The smallest absolute Gasteiger partial charge is 0.0997 e. The van der Waals surface area contributed by atoms with Crippen molar-refractivity contribution in [3.8, 4) is 16.3 Å². The van der Waals surface area contributed by atoms with Crippen LogP contribution >= 0.6 is 11.3 Å². The van der Waals surface area contributed by atoms with Crippen LogP contribution in [0, 0.1) is 0 Å². The average Bonchev–Trinajstić information content (AvgIpc) is 3.09. The molecule has 0 aliphatic heterocycles. The van der Waals surface area contributed by atoms with Crippen LogP contribution in [-0.4, -0.2) is 9.55 Å². The lowest BCUT2D eigenvalue weighted by Crippen LogP contribution is -2.04. The Morgan fingerprint density at radius 1 is 1.17 bits per heavy atom. The highest BCUT2D eigenvalue weighted by atomic mass is 32.1. The van der Waals surface area contributed by atoms with Crippen LogP contribution in [0.5, 0.6) is 0 Å². The van der Waals surface area contributed by atoms with E-state index in [0.29, 0.717) is 6.54 Å². The SMILES string of the molecule is NCc1ccccc1-n1cncc1-c1cccs1. The molecule has 2 heterocycles. The van der Waals surface area contributed by atoms with Crippen LogP contribution in [0.15, 0.2) is 54.3 Å². The maximum absolute atomic E-state index is 5.79. The van der Waals surface area contributed by atoms with Gasteiger partial charge in [0.15, 0.2) is 0 Å². The summed E-state index contributed by atoms with van der Waals surface area (Å²) in [6.45, 7) is 0.526. The quantitative estimate of drug-likeness (QED) is 0.781. The van der Waals surface area contributed by atoms with Gasteiger partial charge < -0.3 is 5.73 Å². The Bertz CT molecular complexity index is 641. The zero-order valence-electron chi connectivity index (χ0n) is 9.78. The molecule has 0 radical (unpaired) electrons. The topological polar surface area (TPSA) is 43.8 Å². The Morgan fingerprint density at radius 3 is 2.83 bits per heavy atom. The van der Waals surface area contributed by atoms with Crippen LogP contribution in [0.25, 0.3) is 16.3 Å². The fourth-order valence-electron chi connectivity index (χ4n) is 2.01. The number of nitrogens with two attached hydrogens (primary N) is 1. The van der Waals surface area contributed by atoms with Crippen molar-refractivity contribution in [2.24, 2.45) is 5.73 Å². The molecule has 3 rings (SSSR count). The van der Waals surface area contributed by atoms with Crippen molar-refractivity contribution in [1.82, 2.24) is 9.55 Å². The van der Waals surface area contributed by atoms with Gasteiger partial charge in [0, 0.05) is 6.54 Å². The molecule has 2 N–H and O–H groups in total. The lowest BCUT2D eigenvalue weighted by Gasteiger charge is -2.11. The van der Waals surface area contributed by atoms with Gasteiger partial charge >= 0.3 is 0 Å². The minimum absolute atomic E-state index is 0.526. The van der Waals surface area contributed by atoms with E-state index in [2.05, 4.69) is 27.1 Å². The lowest BCUT2D eigenvalue weighted by molar-refractivity contribution is 0.988. The van der Waals surface area contributed by atoms with Crippen molar-refractivity contribution in [2.45, 2.75) is 6.54 Å². The molecule has 0 saturated heterocycles. The molecule has 3 nitrogen and oxygen atoms in total. The normalized spacial score (nSPS) is 10.7. The van der Waals surface area contributed by atoms with Gasteiger partial charge in [0.25, 0.3) is 0 Å². The minimum atomic E-state index is 0.526. The number of hydrogen-bond acceptors (Lipinski definition) is 3. The van der Waals surface area contributed by atoms with E-state index in [0.717, 1.165) is 16.9 Å². The number of imidazole rings is 1. The molecule has 2 aromatic heterocycles. The van der Waals surface area contributed by atoms with E-state index >= 15 is 0 Å². The number of thiophene rings is 1. The van der Waals surface area contributed by atoms with Gasteiger partial charge in [0.05, 0.1) is 28.8 Å². The fraction of sp³-hybridized carbons (Fsp3) is 0.0714. The van der Waals surface area contributed by atoms with Gasteiger partial charge in [-0.05, 0) is 23.1 Å². The first-order valence-electron chi connectivity index (χ1n) is 5.74. The molecular formula is C14H13N3S. The maximum Gasteiger partial charge on any atom is 0.0997 e. The highest BCUT2D eigenvalue weighted by molar-refractivity contribution is 7.13. The molecule has 4 heteroatoms. The van der Waals surface area contributed by atoms with Crippen LogP contribution < -0.4 is 5.73 Å². The van der Waals surface area contributed by atoms with E-state index in [1.807, 2.05) is 36.8 Å². The van der Waals surface area contributed by atoms with E-state index in [4.69, 9.17) is 5.73 Å². The summed E-state index contributed by atoms with van der Waals surface area (Å²) in [5.41, 5.74) is 9.11. The van der Waals surface area contributed by atoms with E-state index in [9.17, 15) is 0 Å². The summed E-state index contributed by atoms with van der Waals surface area (Å²) < 4.78 is 2.09. The van der Waals surface area contributed by atoms with Crippen LogP contribution in [0.2, 0.25) is 0 Å². The van der Waals surface area contributed by atoms with Crippen molar-refractivity contribution >= 4 is 11.3 Å². The second-order valence-electron chi connectivity index (χ2n) is 3.96. The largest absolute Gasteiger partial charge is 0.326 e. The molecule has 0 bridgehead atoms. The van der Waals surface area contributed by atoms with Crippen molar-refractivity contribution in [3.63, 3.8) is 0 Å². The first kappa shape index (κ1) is 11.2. The van der Waals surface area contributed by atoms with Crippen molar-refractivity contribution < 1.29 is 0 Å². The summed E-state index contributed by atoms with van der Waals surface area (Å²) >= 11 is 1.71. The van der Waals surface area contributed by atoms with Crippen LogP contribution in [0.1, 0.15) is 5.56 Å². The lowest BCUT2D eigenvalue weighted by atomic mass is 10.1. The summed E-state index contributed by atoms with van der Waals surface area (Å²) in [6, 6.07) is 12.3. The summed E-state index contributed by atoms with van der Waals surface area (Å²) in [4.78, 5) is 5.47. The zero-order valence-corrected chi connectivity index (χ0v) is 10.6. The predicted molar refractivity (Wildman–Crippen MR) is 74.8 cm³/mol. The van der Waals surface area contributed by atoms with Gasteiger partial charge in [-0.25, -0.2) is 4.98 Å². The molecule has 18 heavy (non-hydrogen) atoms. The minimum Gasteiger partial charge on any atom is -0.326 e. The fourth-order valence-corrected chi connectivity index (χ4v) is 2.74. The van der Waals surface area contributed by atoms with Crippen molar-refractivity contribution in [1.29, 1.82) is 0 Å². The van der Waals surface area contributed by atoms with Gasteiger partial charge in [0.2, 0.25) is 0 Å². The van der Waals surface area contributed by atoms with E-state index in [1.54, 1.807) is 11.3 Å². The molecule has 1 aromatic carbocycles. The Balaban J connectivity index is 2.16. The summed E-state index contributed by atoms with van der Waals surface area (Å²) in [5, 5.41) is 2.07. The van der Waals surface area contributed by atoms with Gasteiger partial charge in [-0.15, -0.1) is 11.3 Å². The van der Waals surface area contributed by atoms with Crippen LogP contribution in [0.3, 0.4) is 0 Å². The molecule has 0 aliphatic carbocycles. The maximum atomic E-state index is 5.79. The van der Waals surface area contributed by atoms with Crippen LogP contribution in [0.4, 0.5) is 0 Å². The summed E-state index contributed by atoms with van der Waals surface area (Å²) in [5.74, 6) is 0. The van der Waals surface area contributed by atoms with E-state index in [1.165, 1.54) is 4.88 Å². The molecule has 0 amide bonds. The summed E-state index contributed by atoms with van der Waals surface area (Å²) in [7, 11) is 0. The standard InChI is InChI=1S/C14H13N3S/c15-8-11-4-1-2-5-12(11)17-10-16-9-13(17)14-6-3-7-18-14/h1-7,9-10H,8,15H2. The third kappa shape index (κ3) is 1.85. The molecular weight excluding hydrogens is 242 g/mol. The van der Waals surface area contributed by atoms with Gasteiger partial charge in [-0.1, -0.05) is 24.3 Å². The van der Waals surface area contributed by atoms with Crippen molar-refractivity contribution in [3.05, 3.63) is 59.9 Å². The molecule has 0 aliphatic rings. The number of nitrogens with zero attached hydrogens (tertiary/aromatic N) is 2. The van der Waals surface area contributed by atoms with E-state index < -0.39 is 0 Å². The second-order valence-corrected chi connectivity index (χ2v) is 4.91. The first-order valence-corrected chi connectivity index (χ1v) is 6.62. The third-order valence-corrected chi connectivity index (χ3v) is 3.78. The monoisotopic (exact) mass is 255 g/mol. The average molecular weight is 255 g/mol. The molecule has 0 atom stereocenters. The Labute approximate surface area is 110 Å². The second kappa shape index (κ2) is 4.76. The highest BCUT2D eigenvalue weighted by Crippen LogP contribution is 2.27. The number of benzene rings is 1.